The number of carbonyl (C=O) groups is 1. The number of amides is 1. The van der Waals surface area contributed by atoms with Crippen molar-refractivity contribution in [2.45, 2.75) is 32.7 Å². The minimum atomic E-state index is -0.267. The molecule has 1 N–H and O–H groups in total. The molecule has 1 unspecified atom stereocenters. The molecular weight excluding hydrogens is 265 g/mol. The van der Waals surface area contributed by atoms with E-state index in [4.69, 9.17) is 0 Å². The van der Waals surface area contributed by atoms with E-state index in [0.29, 0.717) is 6.42 Å². The van der Waals surface area contributed by atoms with Crippen LogP contribution >= 0.6 is 0 Å². The molecule has 0 aromatic heterocycles. The highest BCUT2D eigenvalue weighted by Crippen LogP contribution is 2.13. The maximum Gasteiger partial charge on any atom is 0.220 e. The maximum atomic E-state index is 12.9. The average molecular weight is 285 g/mol. The molecule has 110 valence electrons. The molecule has 21 heavy (non-hydrogen) atoms. The van der Waals surface area contributed by atoms with Gasteiger partial charge in [-0.3, -0.25) is 4.79 Å². The summed E-state index contributed by atoms with van der Waals surface area (Å²) in [5.41, 5.74) is 3.28. The van der Waals surface area contributed by atoms with Crippen LogP contribution in [0.15, 0.2) is 48.5 Å². The molecule has 0 aliphatic rings. The molecule has 3 heteroatoms. The fourth-order valence-corrected chi connectivity index (χ4v) is 2.16. The summed E-state index contributed by atoms with van der Waals surface area (Å²) in [6.45, 7) is 3.94. The number of rotatable bonds is 5. The fourth-order valence-electron chi connectivity index (χ4n) is 2.16. The Morgan fingerprint density at radius 2 is 1.71 bits per heavy atom. The Labute approximate surface area is 125 Å². The average Bonchev–Trinajstić information content (AvgIpc) is 2.47. The Kier molecular flexibility index (Phi) is 5.09. The Bertz CT molecular complexity index is 590. The third-order valence-electron chi connectivity index (χ3n) is 3.51. The zero-order valence-corrected chi connectivity index (χ0v) is 12.4. The number of hydrogen-bond donors (Lipinski definition) is 1. The van der Waals surface area contributed by atoms with Gasteiger partial charge in [0.05, 0.1) is 6.04 Å². The zero-order chi connectivity index (χ0) is 15.2. The lowest BCUT2D eigenvalue weighted by atomic mass is 10.1. The Hall–Kier alpha value is -2.16. The lowest BCUT2D eigenvalue weighted by Crippen LogP contribution is -2.26. The van der Waals surface area contributed by atoms with E-state index in [0.717, 1.165) is 17.5 Å². The largest absolute Gasteiger partial charge is 0.350 e. The van der Waals surface area contributed by atoms with Crippen molar-refractivity contribution in [3.05, 3.63) is 71.0 Å². The molecule has 0 bridgehead atoms. The molecule has 0 saturated heterocycles. The molecule has 2 aromatic carbocycles. The number of aryl methyl sites for hydroxylation is 2. The minimum Gasteiger partial charge on any atom is -0.350 e. The summed E-state index contributed by atoms with van der Waals surface area (Å²) < 4.78 is 12.9. The van der Waals surface area contributed by atoms with E-state index in [1.807, 2.05) is 38.1 Å². The predicted octanol–water partition coefficient (Wildman–Crippen LogP) is 3.94. The van der Waals surface area contributed by atoms with Crippen molar-refractivity contribution in [1.82, 2.24) is 5.32 Å². The van der Waals surface area contributed by atoms with Crippen LogP contribution in [0, 0.1) is 12.7 Å². The first-order valence-electron chi connectivity index (χ1n) is 7.15. The summed E-state index contributed by atoms with van der Waals surface area (Å²) in [7, 11) is 0. The van der Waals surface area contributed by atoms with Gasteiger partial charge in [0.2, 0.25) is 5.91 Å². The van der Waals surface area contributed by atoms with Crippen molar-refractivity contribution in [2.75, 3.05) is 0 Å². The number of benzene rings is 2. The van der Waals surface area contributed by atoms with E-state index < -0.39 is 0 Å². The van der Waals surface area contributed by atoms with Gasteiger partial charge in [0.15, 0.2) is 0 Å². The van der Waals surface area contributed by atoms with Crippen LogP contribution in [0.4, 0.5) is 4.39 Å². The van der Waals surface area contributed by atoms with Crippen LogP contribution in [0.5, 0.6) is 0 Å². The van der Waals surface area contributed by atoms with E-state index in [1.54, 1.807) is 12.1 Å². The molecule has 2 rings (SSSR count). The second kappa shape index (κ2) is 7.02. The van der Waals surface area contributed by atoms with Crippen LogP contribution in [-0.4, -0.2) is 5.91 Å². The smallest absolute Gasteiger partial charge is 0.220 e. The van der Waals surface area contributed by atoms with E-state index in [2.05, 4.69) is 5.32 Å². The summed E-state index contributed by atoms with van der Waals surface area (Å²) in [5.74, 6) is -0.260. The van der Waals surface area contributed by atoms with Gasteiger partial charge >= 0.3 is 0 Å². The molecule has 2 nitrogen and oxygen atoms in total. The Morgan fingerprint density at radius 3 is 2.33 bits per heavy atom. The summed E-state index contributed by atoms with van der Waals surface area (Å²) in [5, 5.41) is 2.94. The second-order valence-electron chi connectivity index (χ2n) is 5.33. The third kappa shape index (κ3) is 4.71. The van der Waals surface area contributed by atoms with Gasteiger partial charge in [0.1, 0.15) is 5.82 Å². The normalized spacial score (nSPS) is 12.0. The predicted molar refractivity (Wildman–Crippen MR) is 82.5 cm³/mol. The van der Waals surface area contributed by atoms with Crippen LogP contribution in [-0.2, 0) is 11.2 Å². The van der Waals surface area contributed by atoms with Gasteiger partial charge in [-0.1, -0.05) is 42.0 Å². The minimum absolute atomic E-state index is 0.00685. The molecule has 0 heterocycles. The Balaban J connectivity index is 1.83. The topological polar surface area (TPSA) is 29.1 Å². The quantitative estimate of drug-likeness (QED) is 0.885. The van der Waals surface area contributed by atoms with Crippen molar-refractivity contribution in [3.63, 3.8) is 0 Å². The monoisotopic (exact) mass is 285 g/mol. The molecular formula is C18H20FNO. The van der Waals surface area contributed by atoms with Crippen LogP contribution in [0.25, 0.3) is 0 Å². The number of halogens is 1. The number of carbonyl (C=O) groups excluding carboxylic acids is 1. The van der Waals surface area contributed by atoms with Crippen LogP contribution < -0.4 is 5.32 Å². The van der Waals surface area contributed by atoms with Gasteiger partial charge in [0.25, 0.3) is 0 Å². The van der Waals surface area contributed by atoms with E-state index >= 15 is 0 Å². The summed E-state index contributed by atoms with van der Waals surface area (Å²) >= 11 is 0. The molecule has 0 aliphatic carbocycles. The lowest BCUT2D eigenvalue weighted by molar-refractivity contribution is -0.121. The van der Waals surface area contributed by atoms with E-state index in [1.165, 1.54) is 17.7 Å². The summed E-state index contributed by atoms with van der Waals surface area (Å²) in [6.07, 6.45) is 1.18. The highest BCUT2D eigenvalue weighted by atomic mass is 19.1. The zero-order valence-electron chi connectivity index (χ0n) is 12.4. The van der Waals surface area contributed by atoms with Crippen molar-refractivity contribution in [1.29, 1.82) is 0 Å². The van der Waals surface area contributed by atoms with Gasteiger partial charge in [-0.15, -0.1) is 0 Å². The highest BCUT2D eigenvalue weighted by molar-refractivity contribution is 5.76. The number of nitrogens with one attached hydrogen (secondary N) is 1. The SMILES string of the molecule is Cc1ccc(CCC(=O)NC(C)c2ccc(F)cc2)cc1. The standard InChI is InChI=1S/C18H20FNO/c1-13-3-5-15(6-4-13)7-12-18(21)20-14(2)16-8-10-17(19)11-9-16/h3-6,8-11,14H,7,12H2,1-2H3,(H,20,21). The third-order valence-corrected chi connectivity index (χ3v) is 3.51. The highest BCUT2D eigenvalue weighted by Gasteiger charge is 2.09. The first-order chi connectivity index (χ1) is 10.0. The van der Waals surface area contributed by atoms with Crippen molar-refractivity contribution < 1.29 is 9.18 Å². The molecule has 0 fully saturated rings. The molecule has 1 atom stereocenters. The fraction of sp³-hybridized carbons (Fsp3) is 0.278. The first-order valence-corrected chi connectivity index (χ1v) is 7.15. The lowest BCUT2D eigenvalue weighted by Gasteiger charge is -2.14. The maximum absolute atomic E-state index is 12.9. The number of hydrogen-bond acceptors (Lipinski definition) is 1. The van der Waals surface area contributed by atoms with Gasteiger partial charge in [-0.25, -0.2) is 4.39 Å². The molecule has 0 aliphatic heterocycles. The van der Waals surface area contributed by atoms with E-state index in [-0.39, 0.29) is 17.8 Å². The Morgan fingerprint density at radius 1 is 1.10 bits per heavy atom. The first kappa shape index (κ1) is 15.2. The van der Waals surface area contributed by atoms with E-state index in [9.17, 15) is 9.18 Å². The van der Waals surface area contributed by atoms with Crippen molar-refractivity contribution in [3.8, 4) is 0 Å². The second-order valence-corrected chi connectivity index (χ2v) is 5.33. The molecule has 0 spiro atoms. The molecule has 2 aromatic rings. The van der Waals surface area contributed by atoms with Crippen LogP contribution in [0.1, 0.15) is 36.1 Å². The van der Waals surface area contributed by atoms with Crippen molar-refractivity contribution in [2.24, 2.45) is 0 Å². The van der Waals surface area contributed by atoms with Gasteiger partial charge < -0.3 is 5.32 Å². The van der Waals surface area contributed by atoms with Gasteiger partial charge in [0, 0.05) is 6.42 Å². The van der Waals surface area contributed by atoms with Crippen LogP contribution in [0.2, 0.25) is 0 Å². The molecule has 0 saturated carbocycles. The molecule has 1 amide bonds. The van der Waals surface area contributed by atoms with Crippen LogP contribution in [0.3, 0.4) is 0 Å². The van der Waals surface area contributed by atoms with Crippen molar-refractivity contribution >= 4 is 5.91 Å². The summed E-state index contributed by atoms with van der Waals surface area (Å²) in [4.78, 5) is 11.9. The van der Waals surface area contributed by atoms with Gasteiger partial charge in [-0.05, 0) is 43.5 Å². The van der Waals surface area contributed by atoms with Gasteiger partial charge in [-0.2, -0.15) is 0 Å². The summed E-state index contributed by atoms with van der Waals surface area (Å²) in [6, 6.07) is 14.3. The molecule has 0 radical (unpaired) electrons.